The topological polar surface area (TPSA) is 56.1 Å². The Balaban J connectivity index is 1.63. The molecule has 26 heavy (non-hydrogen) atoms. The zero-order valence-corrected chi connectivity index (χ0v) is 15.4. The standard InChI is InChI=1S/C22H25N3O/c1-16(2)18-9-7-17(8-10-18)14-25(20-11-12-20)15-22(26)24-21-6-4-3-5-19(21)13-23/h3-10,16,20H,11-12,14-15H2,1-2H3,(H,24,26). The molecule has 2 aromatic rings. The summed E-state index contributed by atoms with van der Waals surface area (Å²) < 4.78 is 0. The molecule has 0 atom stereocenters. The number of nitriles is 1. The van der Waals surface area contributed by atoms with E-state index in [2.05, 4.69) is 54.4 Å². The van der Waals surface area contributed by atoms with Crippen LogP contribution in [0.5, 0.6) is 0 Å². The Hall–Kier alpha value is -2.64. The highest BCUT2D eigenvalue weighted by molar-refractivity contribution is 5.93. The molecule has 1 saturated carbocycles. The number of hydrogen-bond donors (Lipinski definition) is 1. The monoisotopic (exact) mass is 347 g/mol. The summed E-state index contributed by atoms with van der Waals surface area (Å²) in [6, 6.07) is 18.4. The maximum absolute atomic E-state index is 12.5. The summed E-state index contributed by atoms with van der Waals surface area (Å²) in [5.41, 5.74) is 3.63. The number of carbonyl (C=O) groups is 1. The zero-order chi connectivity index (χ0) is 18.5. The lowest BCUT2D eigenvalue weighted by Gasteiger charge is -2.22. The zero-order valence-electron chi connectivity index (χ0n) is 15.4. The molecule has 0 aromatic heterocycles. The second-order valence-electron chi connectivity index (χ2n) is 7.24. The second-order valence-corrected chi connectivity index (χ2v) is 7.24. The molecule has 0 unspecified atom stereocenters. The van der Waals surface area contributed by atoms with E-state index in [-0.39, 0.29) is 5.91 Å². The van der Waals surface area contributed by atoms with Crippen LogP contribution in [0.1, 0.15) is 49.3 Å². The molecule has 0 saturated heterocycles. The number of para-hydroxylation sites is 1. The molecule has 1 fully saturated rings. The fraction of sp³-hybridized carbons (Fsp3) is 0.364. The van der Waals surface area contributed by atoms with Gasteiger partial charge in [0.05, 0.1) is 17.8 Å². The fourth-order valence-electron chi connectivity index (χ4n) is 3.06. The van der Waals surface area contributed by atoms with Crippen LogP contribution in [0.15, 0.2) is 48.5 Å². The van der Waals surface area contributed by atoms with Gasteiger partial charge in [-0.15, -0.1) is 0 Å². The van der Waals surface area contributed by atoms with Gasteiger partial charge < -0.3 is 5.32 Å². The SMILES string of the molecule is CC(C)c1ccc(CN(CC(=O)Nc2ccccc2C#N)C2CC2)cc1. The van der Waals surface area contributed by atoms with Crippen LogP contribution in [0.4, 0.5) is 5.69 Å². The minimum absolute atomic E-state index is 0.0709. The molecule has 1 amide bonds. The summed E-state index contributed by atoms with van der Waals surface area (Å²) >= 11 is 0. The molecule has 0 bridgehead atoms. The third-order valence-corrected chi connectivity index (χ3v) is 4.76. The Bertz CT molecular complexity index is 801. The predicted octanol–water partition coefficient (Wildman–Crippen LogP) is 4.28. The molecule has 1 N–H and O–H groups in total. The van der Waals surface area contributed by atoms with E-state index >= 15 is 0 Å². The number of hydrogen-bond acceptors (Lipinski definition) is 3. The predicted molar refractivity (Wildman–Crippen MR) is 104 cm³/mol. The van der Waals surface area contributed by atoms with E-state index in [9.17, 15) is 4.79 Å². The van der Waals surface area contributed by atoms with Crippen LogP contribution in [-0.2, 0) is 11.3 Å². The van der Waals surface area contributed by atoms with Crippen molar-refractivity contribution in [2.24, 2.45) is 0 Å². The largest absolute Gasteiger partial charge is 0.324 e. The number of amides is 1. The first-order valence-corrected chi connectivity index (χ1v) is 9.18. The van der Waals surface area contributed by atoms with Gasteiger partial charge in [-0.05, 0) is 42.0 Å². The molecule has 2 aromatic carbocycles. The first-order chi connectivity index (χ1) is 12.6. The molecule has 0 spiro atoms. The summed E-state index contributed by atoms with van der Waals surface area (Å²) in [7, 11) is 0. The van der Waals surface area contributed by atoms with Crippen molar-refractivity contribution >= 4 is 11.6 Å². The molecule has 4 nitrogen and oxygen atoms in total. The summed E-state index contributed by atoms with van der Waals surface area (Å²) in [6.07, 6.45) is 2.29. The van der Waals surface area contributed by atoms with Crippen LogP contribution in [0.25, 0.3) is 0 Å². The Kier molecular flexibility index (Phi) is 5.70. The van der Waals surface area contributed by atoms with E-state index in [0.29, 0.717) is 29.8 Å². The van der Waals surface area contributed by atoms with Crippen LogP contribution < -0.4 is 5.32 Å². The van der Waals surface area contributed by atoms with Crippen molar-refractivity contribution in [3.63, 3.8) is 0 Å². The average Bonchev–Trinajstić information content (AvgIpc) is 3.47. The number of nitrogens with one attached hydrogen (secondary N) is 1. The normalized spacial score (nSPS) is 13.7. The molecular formula is C22H25N3O. The third-order valence-electron chi connectivity index (χ3n) is 4.76. The van der Waals surface area contributed by atoms with Gasteiger partial charge in [0, 0.05) is 12.6 Å². The average molecular weight is 347 g/mol. The second kappa shape index (κ2) is 8.16. The van der Waals surface area contributed by atoms with Gasteiger partial charge in [0.2, 0.25) is 5.91 Å². The van der Waals surface area contributed by atoms with E-state index < -0.39 is 0 Å². The Morgan fingerprint density at radius 2 is 1.88 bits per heavy atom. The van der Waals surface area contributed by atoms with Gasteiger partial charge in [0.15, 0.2) is 0 Å². The number of anilines is 1. The van der Waals surface area contributed by atoms with Gasteiger partial charge in [-0.1, -0.05) is 50.2 Å². The van der Waals surface area contributed by atoms with Gasteiger partial charge >= 0.3 is 0 Å². The fourth-order valence-corrected chi connectivity index (χ4v) is 3.06. The molecule has 0 radical (unpaired) electrons. The molecule has 0 heterocycles. The maximum Gasteiger partial charge on any atom is 0.238 e. The Labute approximate surface area is 155 Å². The first kappa shape index (κ1) is 18.2. The number of carbonyl (C=O) groups excluding carboxylic acids is 1. The maximum atomic E-state index is 12.5. The molecule has 1 aliphatic rings. The molecule has 0 aliphatic heterocycles. The van der Waals surface area contributed by atoms with Crippen molar-refractivity contribution in [1.29, 1.82) is 5.26 Å². The minimum atomic E-state index is -0.0709. The van der Waals surface area contributed by atoms with E-state index in [4.69, 9.17) is 5.26 Å². The molecule has 3 rings (SSSR count). The Morgan fingerprint density at radius 3 is 2.50 bits per heavy atom. The van der Waals surface area contributed by atoms with E-state index in [1.54, 1.807) is 18.2 Å². The van der Waals surface area contributed by atoms with Gasteiger partial charge in [-0.25, -0.2) is 0 Å². The van der Waals surface area contributed by atoms with Crippen LogP contribution in [0.2, 0.25) is 0 Å². The van der Waals surface area contributed by atoms with Gasteiger partial charge in [0.1, 0.15) is 6.07 Å². The van der Waals surface area contributed by atoms with E-state index in [0.717, 1.165) is 19.4 Å². The van der Waals surface area contributed by atoms with Gasteiger partial charge in [0.25, 0.3) is 0 Å². The summed E-state index contributed by atoms with van der Waals surface area (Å²) in [6.45, 7) is 5.50. The minimum Gasteiger partial charge on any atom is -0.324 e. The summed E-state index contributed by atoms with van der Waals surface area (Å²) in [4.78, 5) is 14.7. The lowest BCUT2D eigenvalue weighted by molar-refractivity contribution is -0.117. The van der Waals surface area contributed by atoms with Gasteiger partial charge in [-0.2, -0.15) is 5.26 Å². The number of benzene rings is 2. The lowest BCUT2D eigenvalue weighted by Crippen LogP contribution is -2.34. The quantitative estimate of drug-likeness (QED) is 0.813. The summed E-state index contributed by atoms with van der Waals surface area (Å²) in [5.74, 6) is 0.452. The summed E-state index contributed by atoms with van der Waals surface area (Å²) in [5, 5.41) is 12.0. The smallest absolute Gasteiger partial charge is 0.238 e. The molecular weight excluding hydrogens is 322 g/mol. The number of nitrogens with zero attached hydrogens (tertiary/aromatic N) is 2. The number of rotatable bonds is 7. The van der Waals surface area contributed by atoms with Crippen LogP contribution in [0, 0.1) is 11.3 Å². The van der Waals surface area contributed by atoms with Crippen molar-refractivity contribution in [3.05, 3.63) is 65.2 Å². The Morgan fingerprint density at radius 1 is 1.19 bits per heavy atom. The highest BCUT2D eigenvalue weighted by atomic mass is 16.2. The van der Waals surface area contributed by atoms with Gasteiger partial charge in [-0.3, -0.25) is 9.69 Å². The molecule has 1 aliphatic carbocycles. The highest BCUT2D eigenvalue weighted by Gasteiger charge is 2.30. The highest BCUT2D eigenvalue weighted by Crippen LogP contribution is 2.28. The van der Waals surface area contributed by atoms with E-state index in [1.807, 2.05) is 6.07 Å². The van der Waals surface area contributed by atoms with Crippen molar-refractivity contribution < 1.29 is 4.79 Å². The van der Waals surface area contributed by atoms with E-state index in [1.165, 1.54) is 11.1 Å². The van der Waals surface area contributed by atoms with Crippen molar-refractivity contribution in [2.75, 3.05) is 11.9 Å². The first-order valence-electron chi connectivity index (χ1n) is 9.18. The van der Waals surface area contributed by atoms with Crippen molar-refractivity contribution in [2.45, 2.75) is 45.2 Å². The molecule has 134 valence electrons. The van der Waals surface area contributed by atoms with Crippen molar-refractivity contribution in [1.82, 2.24) is 4.90 Å². The van der Waals surface area contributed by atoms with Crippen LogP contribution >= 0.6 is 0 Å². The van der Waals surface area contributed by atoms with Crippen LogP contribution in [-0.4, -0.2) is 23.4 Å². The van der Waals surface area contributed by atoms with Crippen LogP contribution in [0.3, 0.4) is 0 Å². The van der Waals surface area contributed by atoms with Crippen molar-refractivity contribution in [3.8, 4) is 6.07 Å². The third kappa shape index (κ3) is 4.71. The molecule has 4 heteroatoms. The lowest BCUT2D eigenvalue weighted by atomic mass is 10.0.